The highest BCUT2D eigenvalue weighted by atomic mass is 16.5. The Kier molecular flexibility index (Phi) is 5.26. The topological polar surface area (TPSA) is 49.1 Å². The molecule has 1 atom stereocenters. The van der Waals surface area contributed by atoms with Crippen LogP contribution in [-0.4, -0.2) is 21.0 Å². The molecule has 2 aromatic heterocycles. The fraction of sp³-hybridized carbons (Fsp3) is 0.333. The lowest BCUT2D eigenvalue weighted by atomic mass is 10.1. The zero-order chi connectivity index (χ0) is 18.7. The lowest BCUT2D eigenvalue weighted by molar-refractivity contribution is 0.271. The molecular weight excluding hydrogens is 326 g/mol. The van der Waals surface area contributed by atoms with Crippen molar-refractivity contribution in [1.82, 2.24) is 14.3 Å². The first-order chi connectivity index (χ1) is 12.5. The second-order valence-corrected chi connectivity index (χ2v) is 7.00. The molecule has 0 aliphatic heterocycles. The monoisotopic (exact) mass is 351 g/mol. The van der Waals surface area contributed by atoms with Crippen molar-refractivity contribution >= 4 is 0 Å². The first-order valence-electron chi connectivity index (χ1n) is 8.88. The van der Waals surface area contributed by atoms with Crippen LogP contribution in [0.25, 0.3) is 11.1 Å². The molecule has 0 aliphatic rings. The van der Waals surface area contributed by atoms with Crippen molar-refractivity contribution in [1.29, 1.82) is 0 Å². The fourth-order valence-electron chi connectivity index (χ4n) is 2.78. The Morgan fingerprint density at radius 1 is 1.12 bits per heavy atom. The first-order valence-corrected chi connectivity index (χ1v) is 8.88. The molecule has 0 saturated heterocycles. The maximum atomic E-state index is 12.0. The standard InChI is InChI=1S/C21H25N3O2/c1-15(2)14-26-20-10-21(25)23(4)13-19(20)18-11-22-24(12-18)16(3)17-8-6-5-7-9-17/h5-13,15-16H,14H2,1-4H3. The maximum absolute atomic E-state index is 12.0. The van der Waals surface area contributed by atoms with Gasteiger partial charge in [-0.3, -0.25) is 9.48 Å². The lowest BCUT2D eigenvalue weighted by Crippen LogP contribution is -2.17. The average molecular weight is 351 g/mol. The number of pyridine rings is 1. The molecular formula is C21H25N3O2. The van der Waals surface area contributed by atoms with E-state index in [9.17, 15) is 4.79 Å². The van der Waals surface area contributed by atoms with Crippen LogP contribution >= 0.6 is 0 Å². The summed E-state index contributed by atoms with van der Waals surface area (Å²) in [6, 6.07) is 11.9. The number of rotatable bonds is 6. The molecule has 1 unspecified atom stereocenters. The van der Waals surface area contributed by atoms with Crippen molar-refractivity contribution < 1.29 is 4.74 Å². The van der Waals surface area contributed by atoms with E-state index in [1.807, 2.05) is 41.5 Å². The quantitative estimate of drug-likeness (QED) is 0.677. The van der Waals surface area contributed by atoms with Crippen molar-refractivity contribution in [2.45, 2.75) is 26.8 Å². The molecule has 2 heterocycles. The Labute approximate surface area is 153 Å². The van der Waals surface area contributed by atoms with Crippen molar-refractivity contribution in [3.8, 4) is 16.9 Å². The Morgan fingerprint density at radius 2 is 1.85 bits per heavy atom. The minimum absolute atomic E-state index is 0.0856. The Balaban J connectivity index is 1.95. The molecule has 0 spiro atoms. The second kappa shape index (κ2) is 7.60. The van der Waals surface area contributed by atoms with Gasteiger partial charge in [0.1, 0.15) is 5.75 Å². The minimum Gasteiger partial charge on any atom is -0.492 e. The molecule has 0 saturated carbocycles. The molecule has 5 heteroatoms. The van der Waals surface area contributed by atoms with Crippen LogP contribution in [0.3, 0.4) is 0 Å². The zero-order valence-electron chi connectivity index (χ0n) is 15.7. The lowest BCUT2D eigenvalue weighted by Gasteiger charge is -2.14. The van der Waals surface area contributed by atoms with Crippen LogP contribution in [0.5, 0.6) is 5.75 Å². The van der Waals surface area contributed by atoms with Gasteiger partial charge in [0.15, 0.2) is 0 Å². The van der Waals surface area contributed by atoms with Gasteiger partial charge in [-0.1, -0.05) is 44.2 Å². The summed E-state index contributed by atoms with van der Waals surface area (Å²) in [6.45, 7) is 6.85. The van der Waals surface area contributed by atoms with Crippen LogP contribution in [0.15, 0.2) is 59.8 Å². The van der Waals surface area contributed by atoms with Gasteiger partial charge in [-0.15, -0.1) is 0 Å². The molecule has 3 aromatic rings. The Bertz CT molecular complexity index is 926. The van der Waals surface area contributed by atoms with Gasteiger partial charge in [-0.2, -0.15) is 5.10 Å². The van der Waals surface area contributed by atoms with E-state index in [2.05, 4.69) is 38.0 Å². The number of aromatic nitrogens is 3. The summed E-state index contributed by atoms with van der Waals surface area (Å²) in [7, 11) is 1.75. The fourth-order valence-corrected chi connectivity index (χ4v) is 2.78. The molecule has 5 nitrogen and oxygen atoms in total. The summed E-state index contributed by atoms with van der Waals surface area (Å²) in [4.78, 5) is 12.0. The molecule has 3 rings (SSSR count). The largest absolute Gasteiger partial charge is 0.492 e. The normalized spacial score (nSPS) is 12.3. The van der Waals surface area contributed by atoms with E-state index in [-0.39, 0.29) is 11.6 Å². The minimum atomic E-state index is -0.0856. The van der Waals surface area contributed by atoms with Gasteiger partial charge >= 0.3 is 0 Å². The van der Waals surface area contributed by atoms with Crippen LogP contribution in [0, 0.1) is 5.92 Å². The number of nitrogens with zero attached hydrogens (tertiary/aromatic N) is 3. The zero-order valence-corrected chi connectivity index (χ0v) is 15.7. The summed E-state index contributed by atoms with van der Waals surface area (Å²) in [5.74, 6) is 0.987. The maximum Gasteiger partial charge on any atom is 0.254 e. The third-order valence-corrected chi connectivity index (χ3v) is 4.35. The van der Waals surface area contributed by atoms with E-state index in [0.717, 1.165) is 11.1 Å². The van der Waals surface area contributed by atoms with Crippen LogP contribution in [0.1, 0.15) is 32.4 Å². The van der Waals surface area contributed by atoms with Gasteiger partial charge in [0.05, 0.1) is 18.8 Å². The van der Waals surface area contributed by atoms with E-state index in [1.54, 1.807) is 17.7 Å². The van der Waals surface area contributed by atoms with Crippen molar-refractivity contribution in [2.24, 2.45) is 13.0 Å². The summed E-state index contributed by atoms with van der Waals surface area (Å²) < 4.78 is 9.39. The molecule has 0 amide bonds. The second-order valence-electron chi connectivity index (χ2n) is 7.00. The molecule has 26 heavy (non-hydrogen) atoms. The summed E-state index contributed by atoms with van der Waals surface area (Å²) >= 11 is 0. The summed E-state index contributed by atoms with van der Waals surface area (Å²) in [5, 5.41) is 4.53. The SMILES string of the molecule is CC(C)COc1cc(=O)n(C)cc1-c1cnn(C(C)c2ccccc2)c1. The van der Waals surface area contributed by atoms with E-state index >= 15 is 0 Å². The van der Waals surface area contributed by atoms with Crippen LogP contribution in [0.4, 0.5) is 0 Å². The van der Waals surface area contributed by atoms with Gasteiger partial charge in [0, 0.05) is 36.6 Å². The molecule has 0 N–H and O–H groups in total. The summed E-state index contributed by atoms with van der Waals surface area (Å²) in [6.07, 6.45) is 5.63. The molecule has 0 radical (unpaired) electrons. The van der Waals surface area contributed by atoms with Gasteiger partial charge in [0.2, 0.25) is 0 Å². The highest BCUT2D eigenvalue weighted by Gasteiger charge is 2.14. The number of hydrogen-bond acceptors (Lipinski definition) is 3. The molecule has 1 aromatic carbocycles. The van der Waals surface area contributed by atoms with Gasteiger partial charge in [-0.05, 0) is 18.4 Å². The predicted octanol–water partition coefficient (Wildman–Crippen LogP) is 3.89. The average Bonchev–Trinajstić information content (AvgIpc) is 3.12. The number of aryl methyl sites for hydroxylation is 1. The molecule has 0 bridgehead atoms. The van der Waals surface area contributed by atoms with Crippen molar-refractivity contribution in [2.75, 3.05) is 6.61 Å². The summed E-state index contributed by atoms with van der Waals surface area (Å²) in [5.41, 5.74) is 2.91. The van der Waals surface area contributed by atoms with E-state index in [4.69, 9.17) is 4.74 Å². The van der Waals surface area contributed by atoms with E-state index < -0.39 is 0 Å². The molecule has 136 valence electrons. The van der Waals surface area contributed by atoms with Crippen molar-refractivity contribution in [3.63, 3.8) is 0 Å². The first kappa shape index (κ1) is 18.0. The number of benzene rings is 1. The number of ether oxygens (including phenoxy) is 1. The predicted molar refractivity (Wildman–Crippen MR) is 103 cm³/mol. The Morgan fingerprint density at radius 3 is 2.54 bits per heavy atom. The van der Waals surface area contributed by atoms with E-state index in [1.165, 1.54) is 5.56 Å². The third-order valence-electron chi connectivity index (χ3n) is 4.35. The molecule has 0 aliphatic carbocycles. The smallest absolute Gasteiger partial charge is 0.254 e. The third kappa shape index (κ3) is 3.87. The van der Waals surface area contributed by atoms with Crippen molar-refractivity contribution in [3.05, 3.63) is 70.9 Å². The highest BCUT2D eigenvalue weighted by Crippen LogP contribution is 2.30. The van der Waals surface area contributed by atoms with E-state index in [0.29, 0.717) is 18.3 Å². The van der Waals surface area contributed by atoms with Gasteiger partial charge in [-0.25, -0.2) is 0 Å². The van der Waals surface area contributed by atoms with Crippen LogP contribution in [0.2, 0.25) is 0 Å². The Hall–Kier alpha value is -2.82. The van der Waals surface area contributed by atoms with Crippen LogP contribution in [-0.2, 0) is 7.05 Å². The molecule has 0 fully saturated rings. The highest BCUT2D eigenvalue weighted by molar-refractivity contribution is 5.68. The van der Waals surface area contributed by atoms with Gasteiger partial charge < -0.3 is 9.30 Å². The number of hydrogen-bond donors (Lipinski definition) is 0. The van der Waals surface area contributed by atoms with Crippen LogP contribution < -0.4 is 10.3 Å². The van der Waals surface area contributed by atoms with Gasteiger partial charge in [0.25, 0.3) is 5.56 Å².